The Balaban J connectivity index is 1.91. The number of allylic oxidation sites excluding steroid dienone is 1. The average Bonchev–Trinajstić information content (AvgIpc) is 2.65. The van der Waals surface area contributed by atoms with E-state index in [2.05, 4.69) is 67.4 Å². The monoisotopic (exact) mass is 379 g/mol. The summed E-state index contributed by atoms with van der Waals surface area (Å²) in [4.78, 5) is 12.6. The lowest BCUT2D eigenvalue weighted by atomic mass is 10.0. The van der Waals surface area contributed by atoms with Crippen LogP contribution in [0.25, 0.3) is 0 Å². The topological polar surface area (TPSA) is 29.1 Å². The summed E-state index contributed by atoms with van der Waals surface area (Å²) in [6, 6.07) is 21.4. The minimum absolute atomic E-state index is 0.0268. The molecule has 0 heterocycles. The zero-order chi connectivity index (χ0) is 19.5. The molecule has 144 valence electrons. The fraction of sp³-hybridized carbons (Fsp3) is 0.375. The number of nitrogens with one attached hydrogen (secondary N) is 1. The number of carbonyl (C=O) groups excluding carboxylic acids is 1. The number of aryl methyl sites for hydroxylation is 1. The van der Waals surface area contributed by atoms with E-state index in [1.807, 2.05) is 30.3 Å². The summed E-state index contributed by atoms with van der Waals surface area (Å²) in [6.07, 6.45) is 8.59. The van der Waals surface area contributed by atoms with Gasteiger partial charge >= 0.3 is 0 Å². The highest BCUT2D eigenvalue weighted by molar-refractivity contribution is 6.76. The summed E-state index contributed by atoms with van der Waals surface area (Å²) in [5.41, 5.74) is 2.09. The van der Waals surface area contributed by atoms with Crippen LogP contribution in [0.1, 0.15) is 35.2 Å². The minimum atomic E-state index is -1.06. The summed E-state index contributed by atoms with van der Waals surface area (Å²) in [5.74, 6) is 0.0268. The van der Waals surface area contributed by atoms with Crippen molar-refractivity contribution in [1.29, 1.82) is 0 Å². The van der Waals surface area contributed by atoms with Crippen LogP contribution in [-0.2, 0) is 6.42 Å². The van der Waals surface area contributed by atoms with Gasteiger partial charge in [-0.05, 0) is 49.4 Å². The molecule has 0 spiro atoms. The van der Waals surface area contributed by atoms with Gasteiger partial charge in [0.1, 0.15) is 0 Å². The predicted molar refractivity (Wildman–Crippen MR) is 119 cm³/mol. The quantitative estimate of drug-likeness (QED) is 0.392. The van der Waals surface area contributed by atoms with Gasteiger partial charge in [0, 0.05) is 19.7 Å². The molecule has 0 aliphatic carbocycles. The predicted octanol–water partition coefficient (Wildman–Crippen LogP) is 6.09. The first-order chi connectivity index (χ1) is 12.9. The Kier molecular flexibility index (Phi) is 8.53. The van der Waals surface area contributed by atoms with Crippen molar-refractivity contribution in [2.24, 2.45) is 0 Å². The van der Waals surface area contributed by atoms with Gasteiger partial charge in [-0.25, -0.2) is 0 Å². The molecular formula is C24H33NOSi. The van der Waals surface area contributed by atoms with Crippen LogP contribution in [0.15, 0.2) is 72.8 Å². The smallest absolute Gasteiger partial charge is 0.251 e. The highest BCUT2D eigenvalue weighted by Gasteiger charge is 2.13. The van der Waals surface area contributed by atoms with Crippen LogP contribution in [0.2, 0.25) is 25.7 Å². The molecule has 2 rings (SSSR count). The van der Waals surface area contributed by atoms with Crippen molar-refractivity contribution >= 4 is 14.0 Å². The molecule has 1 amide bonds. The lowest BCUT2D eigenvalue weighted by molar-refractivity contribution is 0.0935. The molecule has 0 fully saturated rings. The second-order valence-corrected chi connectivity index (χ2v) is 13.9. The van der Waals surface area contributed by atoms with Crippen LogP contribution < -0.4 is 5.32 Å². The van der Waals surface area contributed by atoms with E-state index in [1.54, 1.807) is 0 Å². The highest BCUT2D eigenvalue weighted by atomic mass is 28.3. The Bertz CT molecular complexity index is 704. The van der Waals surface area contributed by atoms with Crippen molar-refractivity contribution < 1.29 is 4.79 Å². The van der Waals surface area contributed by atoms with E-state index < -0.39 is 8.07 Å². The van der Waals surface area contributed by atoms with E-state index in [9.17, 15) is 4.79 Å². The van der Waals surface area contributed by atoms with Gasteiger partial charge in [0.15, 0.2) is 0 Å². The zero-order valence-corrected chi connectivity index (χ0v) is 17.9. The maximum absolute atomic E-state index is 12.6. The van der Waals surface area contributed by atoms with E-state index in [0.717, 1.165) is 31.2 Å². The summed E-state index contributed by atoms with van der Waals surface area (Å²) >= 11 is 0. The average molecular weight is 380 g/mol. The van der Waals surface area contributed by atoms with Crippen LogP contribution in [0.3, 0.4) is 0 Å². The van der Waals surface area contributed by atoms with E-state index in [1.165, 1.54) is 11.6 Å². The van der Waals surface area contributed by atoms with Crippen molar-refractivity contribution in [1.82, 2.24) is 5.32 Å². The van der Waals surface area contributed by atoms with Crippen molar-refractivity contribution in [3.63, 3.8) is 0 Å². The molecule has 0 aliphatic heterocycles. The molecule has 27 heavy (non-hydrogen) atoms. The molecule has 0 saturated carbocycles. The standard InChI is InChI=1S/C24H33NOSi/c1-27(2,3)20-11-10-18-23(19-12-15-21-13-6-4-7-14-21)25-24(26)22-16-8-5-9-17-22/h4-11,13-14,16-17,23H,12,15,18-20H2,1-3H3,(H,25,26)/b11-10+. The third-order valence-electron chi connectivity index (χ3n) is 4.55. The lowest BCUT2D eigenvalue weighted by Crippen LogP contribution is -2.34. The van der Waals surface area contributed by atoms with Gasteiger partial charge in [0.2, 0.25) is 0 Å². The molecule has 0 aromatic heterocycles. The molecule has 0 saturated heterocycles. The fourth-order valence-electron chi connectivity index (χ4n) is 3.00. The Labute approximate surface area is 165 Å². The first-order valence-corrected chi connectivity index (χ1v) is 13.7. The summed E-state index contributed by atoms with van der Waals surface area (Å²) < 4.78 is 0. The third kappa shape index (κ3) is 8.87. The number of benzene rings is 2. The zero-order valence-electron chi connectivity index (χ0n) is 16.9. The Hall–Kier alpha value is -2.13. The largest absolute Gasteiger partial charge is 0.349 e. The summed E-state index contributed by atoms with van der Waals surface area (Å²) in [7, 11) is -1.06. The molecule has 1 unspecified atom stereocenters. The van der Waals surface area contributed by atoms with Crippen LogP contribution in [0, 0.1) is 0 Å². The van der Waals surface area contributed by atoms with Crippen LogP contribution >= 0.6 is 0 Å². The molecule has 2 aromatic rings. The maximum Gasteiger partial charge on any atom is 0.251 e. The molecule has 2 aromatic carbocycles. The number of rotatable bonds is 10. The van der Waals surface area contributed by atoms with Gasteiger partial charge in [-0.3, -0.25) is 4.79 Å². The van der Waals surface area contributed by atoms with Gasteiger partial charge < -0.3 is 5.32 Å². The Morgan fingerprint density at radius 1 is 0.963 bits per heavy atom. The Morgan fingerprint density at radius 3 is 2.22 bits per heavy atom. The number of amides is 1. The molecule has 2 nitrogen and oxygen atoms in total. The van der Waals surface area contributed by atoms with Gasteiger partial charge in [-0.1, -0.05) is 80.3 Å². The fourth-order valence-corrected chi connectivity index (χ4v) is 3.88. The molecule has 1 atom stereocenters. The number of hydrogen-bond acceptors (Lipinski definition) is 1. The van der Waals surface area contributed by atoms with Gasteiger partial charge in [0.05, 0.1) is 0 Å². The molecule has 0 bridgehead atoms. The van der Waals surface area contributed by atoms with E-state index in [4.69, 9.17) is 0 Å². The summed E-state index contributed by atoms with van der Waals surface area (Å²) in [6.45, 7) is 7.14. The first-order valence-electron chi connectivity index (χ1n) is 9.99. The maximum atomic E-state index is 12.6. The Morgan fingerprint density at radius 2 is 1.59 bits per heavy atom. The van der Waals surface area contributed by atoms with Gasteiger partial charge in [-0.15, -0.1) is 0 Å². The van der Waals surface area contributed by atoms with Crippen LogP contribution in [0.4, 0.5) is 0 Å². The van der Waals surface area contributed by atoms with Gasteiger partial charge in [-0.2, -0.15) is 0 Å². The van der Waals surface area contributed by atoms with Crippen molar-refractivity contribution in [2.75, 3.05) is 0 Å². The van der Waals surface area contributed by atoms with Crippen LogP contribution in [0.5, 0.6) is 0 Å². The molecule has 0 aliphatic rings. The van der Waals surface area contributed by atoms with E-state index >= 15 is 0 Å². The van der Waals surface area contributed by atoms with Gasteiger partial charge in [0.25, 0.3) is 5.91 Å². The van der Waals surface area contributed by atoms with Crippen LogP contribution in [-0.4, -0.2) is 20.0 Å². The molecular weight excluding hydrogens is 346 g/mol. The van der Waals surface area contributed by atoms with E-state index in [0.29, 0.717) is 0 Å². The van der Waals surface area contributed by atoms with E-state index in [-0.39, 0.29) is 11.9 Å². The van der Waals surface area contributed by atoms with Crippen molar-refractivity contribution in [3.8, 4) is 0 Å². The van der Waals surface area contributed by atoms with Crippen molar-refractivity contribution in [2.45, 2.75) is 57.4 Å². The number of carbonyl (C=O) groups is 1. The highest BCUT2D eigenvalue weighted by Crippen LogP contribution is 2.13. The summed E-state index contributed by atoms with van der Waals surface area (Å²) in [5, 5.41) is 3.24. The molecule has 3 heteroatoms. The second-order valence-electron chi connectivity index (χ2n) is 8.39. The molecule has 1 N–H and O–H groups in total. The first kappa shape index (κ1) is 21.2. The molecule has 0 radical (unpaired) electrons. The normalized spacial score (nSPS) is 12.9. The number of hydrogen-bond donors (Lipinski definition) is 1. The SMILES string of the molecule is C[Si](C)(C)C/C=C/CC(CCCc1ccccc1)NC(=O)c1ccccc1. The third-order valence-corrected chi connectivity index (χ3v) is 6.01. The van der Waals surface area contributed by atoms with Crippen molar-refractivity contribution in [3.05, 3.63) is 83.9 Å². The second kappa shape index (κ2) is 10.9. The minimum Gasteiger partial charge on any atom is -0.349 e. The lowest BCUT2D eigenvalue weighted by Gasteiger charge is -2.18.